The summed E-state index contributed by atoms with van der Waals surface area (Å²) >= 11 is 0. The van der Waals surface area contributed by atoms with Crippen molar-refractivity contribution < 1.29 is 0 Å². The molecule has 6 unspecified atom stereocenters. The first-order valence-electron chi connectivity index (χ1n) is 23.0. The van der Waals surface area contributed by atoms with Gasteiger partial charge in [0.15, 0.2) is 0 Å². The molecule has 3 aliphatic carbocycles. The molecule has 3 nitrogen and oxygen atoms in total. The smallest absolute Gasteiger partial charge is 0.131 e. The molecule has 8 aromatic carbocycles. The Hall–Kier alpha value is -7.59. The Morgan fingerprint density at radius 3 is 1.85 bits per heavy atom. The summed E-state index contributed by atoms with van der Waals surface area (Å²) in [4.78, 5) is 5.17. The number of nitrogens with one attached hydrogen (secondary N) is 2. The van der Waals surface area contributed by atoms with Crippen LogP contribution in [-0.2, 0) is 5.41 Å². The molecular weight excluding hydrogens is 787 g/mol. The van der Waals surface area contributed by atoms with Crippen LogP contribution in [-0.4, -0.2) is 5.84 Å². The third kappa shape index (κ3) is 6.83. The average Bonchev–Trinajstić information content (AvgIpc) is 3.69. The fourth-order valence-corrected chi connectivity index (χ4v) is 11.4. The van der Waals surface area contributed by atoms with Gasteiger partial charge < -0.3 is 5.32 Å². The summed E-state index contributed by atoms with van der Waals surface area (Å²) in [6, 6.07) is 73.1. The van der Waals surface area contributed by atoms with Crippen molar-refractivity contribution >= 4 is 22.2 Å². The summed E-state index contributed by atoms with van der Waals surface area (Å²) in [5.41, 5.74) is 14.9. The molecule has 12 rings (SSSR count). The van der Waals surface area contributed by atoms with Gasteiger partial charge in [0.2, 0.25) is 0 Å². The van der Waals surface area contributed by atoms with Crippen molar-refractivity contribution in [2.75, 3.05) is 0 Å². The van der Waals surface area contributed by atoms with E-state index in [1.807, 2.05) is 0 Å². The summed E-state index contributed by atoms with van der Waals surface area (Å²) < 4.78 is 0. The van der Waals surface area contributed by atoms with Gasteiger partial charge in [-0.15, -0.1) is 0 Å². The van der Waals surface area contributed by atoms with Gasteiger partial charge in [0.1, 0.15) is 18.2 Å². The van der Waals surface area contributed by atoms with Gasteiger partial charge in [-0.3, -0.25) is 5.32 Å². The van der Waals surface area contributed by atoms with Gasteiger partial charge in [0, 0.05) is 22.8 Å². The minimum absolute atomic E-state index is 0.0719. The Bertz CT molecular complexity index is 3170. The van der Waals surface area contributed by atoms with Crippen LogP contribution in [0.2, 0.25) is 0 Å². The van der Waals surface area contributed by atoms with Gasteiger partial charge >= 0.3 is 0 Å². The van der Waals surface area contributed by atoms with Crippen LogP contribution in [0, 0.1) is 11.8 Å². The number of allylic oxidation sites excluding steroid dienone is 8. The quantitative estimate of drug-likeness (QED) is 0.160. The number of hydrogen-bond acceptors (Lipinski definition) is 3. The summed E-state index contributed by atoms with van der Waals surface area (Å²) in [7, 11) is 0. The van der Waals surface area contributed by atoms with Crippen LogP contribution in [0.5, 0.6) is 0 Å². The number of benzene rings is 8. The van der Waals surface area contributed by atoms with Crippen molar-refractivity contribution in [3.05, 3.63) is 282 Å². The number of rotatable bonds is 8. The number of fused-ring (bicyclic) bond motifs is 4. The van der Waals surface area contributed by atoms with Gasteiger partial charge in [0.25, 0.3) is 0 Å². The van der Waals surface area contributed by atoms with Crippen LogP contribution in [0.25, 0.3) is 38.6 Å². The molecule has 1 aliphatic heterocycles. The van der Waals surface area contributed by atoms with Crippen LogP contribution in [0.15, 0.2) is 248 Å². The van der Waals surface area contributed by atoms with Gasteiger partial charge in [-0.1, -0.05) is 237 Å². The summed E-state index contributed by atoms with van der Waals surface area (Å²) in [5.74, 6) is 1.56. The molecular formula is C62H49N3. The second-order valence-corrected chi connectivity index (χ2v) is 17.8. The van der Waals surface area contributed by atoms with Crippen LogP contribution >= 0.6 is 0 Å². The minimum Gasteiger partial charge on any atom is -0.350 e. The molecule has 0 saturated heterocycles. The second-order valence-electron chi connectivity index (χ2n) is 17.8. The molecule has 0 spiro atoms. The van der Waals surface area contributed by atoms with Crippen LogP contribution in [0.3, 0.4) is 0 Å². The highest BCUT2D eigenvalue weighted by Crippen LogP contribution is 2.64. The third-order valence-corrected chi connectivity index (χ3v) is 14.3. The van der Waals surface area contributed by atoms with E-state index in [9.17, 15) is 0 Å². The van der Waals surface area contributed by atoms with Gasteiger partial charge in [0.05, 0.1) is 0 Å². The number of hydrogen-bond donors (Lipinski definition) is 2. The number of amidine groups is 1. The first-order valence-corrected chi connectivity index (χ1v) is 23.0. The van der Waals surface area contributed by atoms with Gasteiger partial charge in [-0.05, 0) is 90.4 Å². The highest BCUT2D eigenvalue weighted by atomic mass is 15.3. The number of nitrogens with zero attached hydrogens (tertiary/aromatic N) is 1. The molecule has 0 radical (unpaired) electrons. The van der Waals surface area contributed by atoms with E-state index in [0.717, 1.165) is 23.4 Å². The van der Waals surface area contributed by atoms with Crippen LogP contribution in [0.4, 0.5) is 0 Å². The predicted molar refractivity (Wildman–Crippen MR) is 269 cm³/mol. The molecule has 3 heteroatoms. The molecule has 0 bridgehead atoms. The van der Waals surface area contributed by atoms with E-state index in [2.05, 4.69) is 253 Å². The molecule has 0 fully saturated rings. The molecule has 4 aliphatic rings. The van der Waals surface area contributed by atoms with E-state index >= 15 is 0 Å². The summed E-state index contributed by atoms with van der Waals surface area (Å²) in [6.07, 6.45) is 17.7. The lowest BCUT2D eigenvalue weighted by atomic mass is 9.58. The Balaban J connectivity index is 0.913. The zero-order valence-corrected chi connectivity index (χ0v) is 36.1. The maximum absolute atomic E-state index is 5.17. The van der Waals surface area contributed by atoms with Crippen molar-refractivity contribution in [3.8, 4) is 22.3 Å². The first kappa shape index (κ1) is 39.0. The summed E-state index contributed by atoms with van der Waals surface area (Å²) in [6.45, 7) is 0. The maximum Gasteiger partial charge on any atom is 0.131 e. The average molecular weight is 836 g/mol. The highest BCUT2D eigenvalue weighted by Gasteiger charge is 2.56. The fourth-order valence-electron chi connectivity index (χ4n) is 11.4. The standard InChI is InChI=1S/C62H49N3/c1-6-18-45(19-7-1)57-53-29-17-16-24-50(53)41-56-58(57)54-39-38-49(40-55(54)62(56,51-25-12-4-13-26-51)52-27-14-5-15-28-52)44-32-30-42(31-33-44)43-34-36-48(37-35-43)61-64-59(46-20-8-2-9-21-46)63-60(65-61)47-22-10-3-11-23-47/h1-27,29-41,52,54-55,59-60,63H,28H2,(H,64,65). The Labute approximate surface area is 382 Å². The second kappa shape index (κ2) is 16.5. The van der Waals surface area contributed by atoms with E-state index in [1.54, 1.807) is 0 Å². The minimum atomic E-state index is -0.288. The third-order valence-electron chi connectivity index (χ3n) is 14.3. The summed E-state index contributed by atoms with van der Waals surface area (Å²) in [5, 5.41) is 10.0. The Kier molecular flexibility index (Phi) is 9.92. The Morgan fingerprint density at radius 1 is 0.538 bits per heavy atom. The zero-order valence-electron chi connectivity index (χ0n) is 36.1. The van der Waals surface area contributed by atoms with E-state index in [4.69, 9.17) is 4.99 Å². The van der Waals surface area contributed by atoms with Crippen molar-refractivity contribution in [2.45, 2.75) is 30.1 Å². The molecule has 6 atom stereocenters. The van der Waals surface area contributed by atoms with E-state index in [0.29, 0.717) is 0 Å². The molecule has 312 valence electrons. The van der Waals surface area contributed by atoms with Gasteiger partial charge in [-0.25, -0.2) is 4.99 Å². The molecule has 65 heavy (non-hydrogen) atoms. The van der Waals surface area contributed by atoms with E-state index in [-0.39, 0.29) is 35.5 Å². The molecule has 8 aromatic rings. The maximum atomic E-state index is 5.17. The topological polar surface area (TPSA) is 36.4 Å². The zero-order chi connectivity index (χ0) is 43.2. The SMILES string of the molecule is C1=CCC(C2(c3ccccc3)c3cc4ccccc4c(-c4ccccc4)c3C3C=CC(c4ccc(-c5ccc(C6=NC(c7ccccc7)NC(c7ccccc7)N6)cc5)cc4)=CC32)C=C1. The van der Waals surface area contributed by atoms with Crippen molar-refractivity contribution in [2.24, 2.45) is 16.8 Å². The first-order chi connectivity index (χ1) is 32.2. The molecule has 2 N–H and O–H groups in total. The monoisotopic (exact) mass is 835 g/mol. The van der Waals surface area contributed by atoms with Gasteiger partial charge in [-0.2, -0.15) is 0 Å². The van der Waals surface area contributed by atoms with Crippen LogP contribution in [0.1, 0.15) is 63.6 Å². The van der Waals surface area contributed by atoms with E-state index < -0.39 is 0 Å². The van der Waals surface area contributed by atoms with Crippen molar-refractivity contribution in [1.29, 1.82) is 0 Å². The lowest BCUT2D eigenvalue weighted by molar-refractivity contribution is 0.301. The van der Waals surface area contributed by atoms with Crippen molar-refractivity contribution in [3.63, 3.8) is 0 Å². The largest absolute Gasteiger partial charge is 0.350 e. The fraction of sp³-hybridized carbons (Fsp3) is 0.113. The molecule has 0 amide bonds. The van der Waals surface area contributed by atoms with Crippen LogP contribution < -0.4 is 10.6 Å². The predicted octanol–water partition coefficient (Wildman–Crippen LogP) is 14.3. The lowest BCUT2D eigenvalue weighted by Crippen LogP contribution is -2.44. The van der Waals surface area contributed by atoms with E-state index in [1.165, 1.54) is 66.4 Å². The highest BCUT2D eigenvalue weighted by molar-refractivity contribution is 6.02. The molecule has 1 heterocycles. The number of aliphatic imine (C=N–C) groups is 1. The normalized spacial score (nSPS) is 23.0. The lowest BCUT2D eigenvalue weighted by Gasteiger charge is -2.44. The Morgan fingerprint density at radius 2 is 1.15 bits per heavy atom. The molecule has 0 saturated carbocycles. The van der Waals surface area contributed by atoms with Crippen molar-refractivity contribution in [1.82, 2.24) is 10.6 Å². The molecule has 0 aromatic heterocycles.